The van der Waals surface area contributed by atoms with E-state index in [1.165, 1.54) is 59.5 Å². The number of carbonyl (C=O) groups is 2. The van der Waals surface area contributed by atoms with Crippen molar-refractivity contribution in [2.75, 3.05) is 10.8 Å². The molecule has 3 aromatic rings. The zero-order chi connectivity index (χ0) is 29.6. The van der Waals surface area contributed by atoms with E-state index >= 15 is 0 Å². The predicted octanol–water partition coefficient (Wildman–Crippen LogP) is 5.97. The van der Waals surface area contributed by atoms with Gasteiger partial charge in [0.1, 0.15) is 18.4 Å². The summed E-state index contributed by atoms with van der Waals surface area (Å²) in [5.41, 5.74) is 1.51. The average Bonchev–Trinajstić information content (AvgIpc) is 2.90. The summed E-state index contributed by atoms with van der Waals surface area (Å²) >= 11 is 12.4. The number of benzene rings is 3. The summed E-state index contributed by atoms with van der Waals surface area (Å²) < 4.78 is 42.2. The number of anilines is 1. The Labute approximate surface area is 244 Å². The Morgan fingerprint density at radius 3 is 2.08 bits per heavy atom. The molecule has 0 aliphatic rings. The van der Waals surface area contributed by atoms with Gasteiger partial charge in [-0.2, -0.15) is 0 Å². The van der Waals surface area contributed by atoms with Gasteiger partial charge < -0.3 is 10.2 Å². The van der Waals surface area contributed by atoms with Gasteiger partial charge in [-0.25, -0.2) is 12.8 Å². The number of sulfonamides is 1. The fraction of sp³-hybridized carbons (Fsp3) is 0.310. The number of rotatable bonds is 11. The standard InChI is InChI=1S/C29H32Cl2FN3O4S/c1-5-20(3)33-29(37)21(4)34(17-22-8-10-25(32)11-9-22)28(36)18-35(26-15-23(30)14-24(31)16-26)40(38,39)27-12-6-19(2)7-13-27/h6-16,20-21H,5,17-18H2,1-4H3,(H,33,37). The van der Waals surface area contributed by atoms with E-state index in [1.54, 1.807) is 19.1 Å². The second-order valence-electron chi connectivity index (χ2n) is 9.59. The fourth-order valence-corrected chi connectivity index (χ4v) is 5.80. The SMILES string of the molecule is CCC(C)NC(=O)C(C)N(Cc1ccc(F)cc1)C(=O)CN(c1cc(Cl)cc(Cl)c1)S(=O)(=O)c1ccc(C)cc1. The van der Waals surface area contributed by atoms with Gasteiger partial charge in [-0.1, -0.05) is 60.0 Å². The Morgan fingerprint density at radius 1 is 0.950 bits per heavy atom. The van der Waals surface area contributed by atoms with E-state index in [4.69, 9.17) is 23.2 Å². The molecule has 0 bridgehead atoms. The molecule has 40 heavy (non-hydrogen) atoms. The Kier molecular flexibility index (Phi) is 10.6. The highest BCUT2D eigenvalue weighted by molar-refractivity contribution is 7.92. The second-order valence-corrected chi connectivity index (χ2v) is 12.3. The third-order valence-electron chi connectivity index (χ3n) is 6.46. The van der Waals surface area contributed by atoms with Crippen molar-refractivity contribution in [3.05, 3.63) is 93.7 Å². The van der Waals surface area contributed by atoms with E-state index in [-0.39, 0.29) is 33.2 Å². The van der Waals surface area contributed by atoms with Crippen molar-refractivity contribution in [3.63, 3.8) is 0 Å². The lowest BCUT2D eigenvalue weighted by molar-refractivity contribution is -0.139. The smallest absolute Gasteiger partial charge is 0.264 e. The summed E-state index contributed by atoms with van der Waals surface area (Å²) in [5.74, 6) is -1.50. The van der Waals surface area contributed by atoms with E-state index in [0.29, 0.717) is 12.0 Å². The summed E-state index contributed by atoms with van der Waals surface area (Å²) in [7, 11) is -4.26. The van der Waals surface area contributed by atoms with Crippen LogP contribution in [0, 0.1) is 12.7 Å². The molecular formula is C29H32Cl2FN3O4S. The van der Waals surface area contributed by atoms with Crippen LogP contribution in [0.25, 0.3) is 0 Å². The van der Waals surface area contributed by atoms with Gasteiger partial charge in [0, 0.05) is 22.6 Å². The summed E-state index contributed by atoms with van der Waals surface area (Å²) in [6.45, 7) is 6.45. The van der Waals surface area contributed by atoms with E-state index < -0.39 is 40.2 Å². The molecular weight excluding hydrogens is 576 g/mol. The lowest BCUT2D eigenvalue weighted by atomic mass is 10.1. The van der Waals surface area contributed by atoms with Crippen molar-refractivity contribution in [2.24, 2.45) is 0 Å². The van der Waals surface area contributed by atoms with Crippen molar-refractivity contribution in [3.8, 4) is 0 Å². The molecule has 2 atom stereocenters. The molecule has 0 aliphatic carbocycles. The Morgan fingerprint density at radius 2 is 1.52 bits per heavy atom. The molecule has 0 radical (unpaired) electrons. The summed E-state index contributed by atoms with van der Waals surface area (Å²) in [5, 5.41) is 3.23. The molecule has 2 amide bonds. The predicted molar refractivity (Wildman–Crippen MR) is 156 cm³/mol. The van der Waals surface area contributed by atoms with Crippen molar-refractivity contribution in [2.45, 2.75) is 57.6 Å². The van der Waals surface area contributed by atoms with Gasteiger partial charge in [0.2, 0.25) is 11.8 Å². The lowest BCUT2D eigenvalue weighted by Crippen LogP contribution is -2.52. The molecule has 2 unspecified atom stereocenters. The molecule has 11 heteroatoms. The van der Waals surface area contributed by atoms with Crippen molar-refractivity contribution < 1.29 is 22.4 Å². The molecule has 3 rings (SSSR count). The van der Waals surface area contributed by atoms with Crippen LogP contribution in [0.5, 0.6) is 0 Å². The van der Waals surface area contributed by atoms with Gasteiger partial charge in [0.15, 0.2) is 0 Å². The normalized spacial score (nSPS) is 12.9. The fourth-order valence-electron chi connectivity index (χ4n) is 3.88. The van der Waals surface area contributed by atoms with Gasteiger partial charge in [-0.15, -0.1) is 0 Å². The van der Waals surface area contributed by atoms with Crippen LogP contribution in [0.1, 0.15) is 38.3 Å². The van der Waals surface area contributed by atoms with E-state index in [2.05, 4.69) is 5.32 Å². The topological polar surface area (TPSA) is 86.8 Å². The number of carbonyl (C=O) groups excluding carboxylic acids is 2. The average molecular weight is 609 g/mol. The molecule has 0 saturated carbocycles. The lowest BCUT2D eigenvalue weighted by Gasteiger charge is -2.32. The maximum Gasteiger partial charge on any atom is 0.264 e. The molecule has 1 N–H and O–H groups in total. The maximum atomic E-state index is 13.9. The van der Waals surface area contributed by atoms with Crippen molar-refractivity contribution in [1.29, 1.82) is 0 Å². The molecule has 0 spiro atoms. The number of aryl methyl sites for hydroxylation is 1. The van der Waals surface area contributed by atoms with Crippen LogP contribution in [0.3, 0.4) is 0 Å². The van der Waals surface area contributed by atoms with Crippen LogP contribution in [0.2, 0.25) is 10.0 Å². The molecule has 0 heterocycles. The minimum absolute atomic E-state index is 0.0327. The van der Waals surface area contributed by atoms with Gasteiger partial charge >= 0.3 is 0 Å². The van der Waals surface area contributed by atoms with Crippen LogP contribution < -0.4 is 9.62 Å². The van der Waals surface area contributed by atoms with Crippen LogP contribution in [-0.2, 0) is 26.2 Å². The molecule has 214 valence electrons. The van der Waals surface area contributed by atoms with Crippen molar-refractivity contribution >= 4 is 50.7 Å². The third-order valence-corrected chi connectivity index (χ3v) is 8.68. The zero-order valence-electron chi connectivity index (χ0n) is 22.7. The Hall–Kier alpha value is -3.14. The van der Waals surface area contributed by atoms with E-state index in [1.807, 2.05) is 20.8 Å². The molecule has 7 nitrogen and oxygen atoms in total. The van der Waals surface area contributed by atoms with Crippen molar-refractivity contribution in [1.82, 2.24) is 10.2 Å². The Bertz CT molecular complexity index is 1430. The Balaban J connectivity index is 2.05. The molecule has 0 saturated heterocycles. The van der Waals surface area contributed by atoms with Gasteiger partial charge in [-0.05, 0) is 75.2 Å². The molecule has 0 aromatic heterocycles. The van der Waals surface area contributed by atoms with Gasteiger partial charge in [0.05, 0.1) is 10.6 Å². The van der Waals surface area contributed by atoms with Crippen LogP contribution in [0.4, 0.5) is 10.1 Å². The van der Waals surface area contributed by atoms with Crippen LogP contribution >= 0.6 is 23.2 Å². The number of hydrogen-bond donors (Lipinski definition) is 1. The quantitative estimate of drug-likeness (QED) is 0.291. The number of nitrogens with zero attached hydrogens (tertiary/aromatic N) is 2. The number of nitrogens with one attached hydrogen (secondary N) is 1. The maximum absolute atomic E-state index is 13.9. The van der Waals surface area contributed by atoms with Crippen LogP contribution in [0.15, 0.2) is 71.6 Å². The third kappa shape index (κ3) is 7.96. The van der Waals surface area contributed by atoms with E-state index in [0.717, 1.165) is 9.87 Å². The molecule has 0 fully saturated rings. The van der Waals surface area contributed by atoms with Gasteiger partial charge in [-0.3, -0.25) is 13.9 Å². The zero-order valence-corrected chi connectivity index (χ0v) is 25.0. The first kappa shape index (κ1) is 31.4. The first-order valence-electron chi connectivity index (χ1n) is 12.7. The highest BCUT2D eigenvalue weighted by atomic mass is 35.5. The highest BCUT2D eigenvalue weighted by Crippen LogP contribution is 2.30. The second kappa shape index (κ2) is 13.5. The minimum atomic E-state index is -4.26. The molecule has 3 aromatic carbocycles. The van der Waals surface area contributed by atoms with Gasteiger partial charge in [0.25, 0.3) is 10.0 Å². The first-order valence-corrected chi connectivity index (χ1v) is 14.9. The molecule has 0 aliphatic heterocycles. The minimum Gasteiger partial charge on any atom is -0.352 e. The summed E-state index contributed by atoms with van der Waals surface area (Å²) in [6, 6.07) is 14.9. The number of hydrogen-bond acceptors (Lipinski definition) is 4. The largest absolute Gasteiger partial charge is 0.352 e. The monoisotopic (exact) mass is 607 g/mol. The van der Waals surface area contributed by atoms with E-state index in [9.17, 15) is 22.4 Å². The highest BCUT2D eigenvalue weighted by Gasteiger charge is 2.33. The van der Waals surface area contributed by atoms with Crippen LogP contribution in [-0.4, -0.2) is 43.8 Å². The summed E-state index contributed by atoms with van der Waals surface area (Å²) in [4.78, 5) is 28.2. The first-order chi connectivity index (χ1) is 18.8. The number of halogens is 3. The number of amides is 2. The summed E-state index contributed by atoms with van der Waals surface area (Å²) in [6.07, 6.45) is 0.683.